The van der Waals surface area contributed by atoms with Crippen molar-refractivity contribution < 1.29 is 10.2 Å². The number of rotatable bonds is 4. The molecule has 3 aromatic rings. The first kappa shape index (κ1) is 16.0. The van der Waals surface area contributed by atoms with Crippen molar-refractivity contribution >= 4 is 23.0 Å². The maximum absolute atomic E-state index is 10.1. The lowest BCUT2D eigenvalue weighted by atomic mass is 10.1. The van der Waals surface area contributed by atoms with E-state index in [-0.39, 0.29) is 11.5 Å². The lowest BCUT2D eigenvalue weighted by molar-refractivity contribution is 0.450. The summed E-state index contributed by atoms with van der Waals surface area (Å²) in [6, 6.07) is 19.9. The molecule has 0 fully saturated rings. The predicted octanol–water partition coefficient (Wildman–Crippen LogP) is 3.88. The van der Waals surface area contributed by atoms with E-state index in [4.69, 9.17) is 12.2 Å². The first-order valence-corrected chi connectivity index (χ1v) is 7.85. The van der Waals surface area contributed by atoms with Gasteiger partial charge in [0.2, 0.25) is 0 Å². The highest BCUT2D eigenvalue weighted by Crippen LogP contribution is 2.27. The molecule has 0 amide bonds. The Kier molecular flexibility index (Phi) is 4.72. The number of anilines is 1. The summed E-state index contributed by atoms with van der Waals surface area (Å²) in [6.07, 6.45) is 1.70. The second-order valence-electron chi connectivity index (χ2n) is 5.27. The highest BCUT2D eigenvalue weighted by molar-refractivity contribution is 7.81. The van der Waals surface area contributed by atoms with Crippen LogP contribution in [0, 0.1) is 0 Å². The largest absolute Gasteiger partial charge is 0.508 e. The van der Waals surface area contributed by atoms with Crippen LogP contribution >= 0.6 is 12.2 Å². The lowest BCUT2D eigenvalue weighted by Crippen LogP contribution is -2.30. The van der Waals surface area contributed by atoms with E-state index in [1.165, 1.54) is 12.1 Å². The second kappa shape index (κ2) is 7.10. The molecule has 120 valence electrons. The van der Waals surface area contributed by atoms with Gasteiger partial charge in [-0.1, -0.05) is 48.6 Å². The maximum atomic E-state index is 10.1. The summed E-state index contributed by atoms with van der Waals surface area (Å²) in [5.41, 5.74) is 1.55. The Morgan fingerprint density at radius 3 is 2.38 bits per heavy atom. The minimum atomic E-state index is -0.0611. The number of thiocarbonyl (C=S) groups is 1. The molecular weight excluding hydrogens is 320 g/mol. The summed E-state index contributed by atoms with van der Waals surface area (Å²) >= 11 is 5.60. The van der Waals surface area contributed by atoms with Gasteiger partial charge in [0.25, 0.3) is 0 Å². The first-order valence-electron chi connectivity index (χ1n) is 7.44. The Labute approximate surface area is 145 Å². The Hall–Kier alpha value is -2.92. The van der Waals surface area contributed by atoms with Gasteiger partial charge in [-0.2, -0.15) is 0 Å². The van der Waals surface area contributed by atoms with Crippen molar-refractivity contribution in [3.05, 3.63) is 84.1 Å². The molecular formula is C19H16N2O2S. The molecule has 0 saturated heterocycles. The zero-order valence-corrected chi connectivity index (χ0v) is 13.6. The summed E-state index contributed by atoms with van der Waals surface area (Å²) in [5.74, 6) is 0.624. The van der Waals surface area contributed by atoms with Crippen molar-refractivity contribution in [2.45, 2.75) is 6.54 Å². The fourth-order valence-corrected chi connectivity index (χ4v) is 2.71. The van der Waals surface area contributed by atoms with E-state index in [9.17, 15) is 10.2 Å². The van der Waals surface area contributed by atoms with E-state index >= 15 is 0 Å². The number of hydrogen-bond acceptors (Lipinski definition) is 4. The molecule has 1 aromatic heterocycles. The average molecular weight is 336 g/mol. The van der Waals surface area contributed by atoms with Gasteiger partial charge >= 0.3 is 0 Å². The van der Waals surface area contributed by atoms with Gasteiger partial charge in [-0.05, 0) is 29.8 Å². The van der Waals surface area contributed by atoms with Gasteiger partial charge in [0.05, 0.1) is 12.1 Å². The summed E-state index contributed by atoms with van der Waals surface area (Å²) in [6.45, 7) is 0.525. The number of benzene rings is 2. The van der Waals surface area contributed by atoms with Crippen LogP contribution in [0.2, 0.25) is 0 Å². The fraction of sp³-hybridized carbons (Fsp3) is 0.0526. The molecule has 2 N–H and O–H groups in total. The summed E-state index contributed by atoms with van der Waals surface area (Å²) in [4.78, 5) is 6.67. The molecule has 1 heterocycles. The number of aromatic nitrogens is 1. The zero-order valence-electron chi connectivity index (χ0n) is 12.8. The van der Waals surface area contributed by atoms with Crippen LogP contribution in [0.3, 0.4) is 0 Å². The molecule has 2 aromatic carbocycles. The van der Waals surface area contributed by atoms with Gasteiger partial charge in [0, 0.05) is 12.3 Å². The van der Waals surface area contributed by atoms with E-state index in [0.29, 0.717) is 22.9 Å². The maximum Gasteiger partial charge on any atom is 0.133 e. The topological polar surface area (TPSA) is 56.6 Å². The SMILES string of the molecule is Oc1ccc(C(=S)N(Cc2ccccc2)c2ccccn2)c(O)c1. The van der Waals surface area contributed by atoms with Crippen LogP contribution in [0.5, 0.6) is 11.5 Å². The molecule has 3 rings (SSSR count). The van der Waals surface area contributed by atoms with Crippen LogP contribution in [0.4, 0.5) is 5.82 Å². The van der Waals surface area contributed by atoms with E-state index in [1.54, 1.807) is 12.3 Å². The van der Waals surface area contributed by atoms with Gasteiger partial charge in [-0.3, -0.25) is 0 Å². The van der Waals surface area contributed by atoms with E-state index < -0.39 is 0 Å². The minimum absolute atomic E-state index is 0.00787. The van der Waals surface area contributed by atoms with Crippen molar-refractivity contribution in [2.24, 2.45) is 0 Å². The molecule has 0 aliphatic heterocycles. The number of nitrogens with zero attached hydrogens (tertiary/aromatic N) is 2. The summed E-state index contributed by atoms with van der Waals surface area (Å²) in [5, 5.41) is 19.6. The molecule has 0 bridgehead atoms. The summed E-state index contributed by atoms with van der Waals surface area (Å²) in [7, 11) is 0. The van der Waals surface area contributed by atoms with Gasteiger partial charge in [-0.15, -0.1) is 0 Å². The van der Waals surface area contributed by atoms with Crippen LogP contribution in [-0.2, 0) is 6.54 Å². The molecule has 0 saturated carbocycles. The Morgan fingerprint density at radius 1 is 0.958 bits per heavy atom. The molecule has 0 unspecified atom stereocenters. The predicted molar refractivity (Wildman–Crippen MR) is 98.3 cm³/mol. The normalized spacial score (nSPS) is 10.3. The van der Waals surface area contributed by atoms with Gasteiger partial charge in [0.1, 0.15) is 22.3 Å². The van der Waals surface area contributed by atoms with Crippen LogP contribution in [0.25, 0.3) is 0 Å². The molecule has 0 aliphatic carbocycles. The molecule has 0 aliphatic rings. The standard InChI is InChI=1S/C19H16N2O2S/c22-15-9-10-16(17(23)12-15)19(24)21(18-8-4-5-11-20-18)13-14-6-2-1-3-7-14/h1-12,22-23H,13H2. The zero-order chi connectivity index (χ0) is 16.9. The minimum Gasteiger partial charge on any atom is -0.508 e. The summed E-state index contributed by atoms with van der Waals surface area (Å²) < 4.78 is 0. The fourth-order valence-electron chi connectivity index (χ4n) is 2.38. The Balaban J connectivity index is 1.99. The van der Waals surface area contributed by atoms with Crippen molar-refractivity contribution in [3.8, 4) is 11.5 Å². The monoisotopic (exact) mass is 336 g/mol. The molecule has 4 nitrogen and oxygen atoms in total. The second-order valence-corrected chi connectivity index (χ2v) is 5.65. The third-order valence-corrected chi connectivity index (χ3v) is 4.01. The highest BCUT2D eigenvalue weighted by Gasteiger charge is 2.18. The smallest absolute Gasteiger partial charge is 0.133 e. The number of hydrogen-bond donors (Lipinski definition) is 2. The van der Waals surface area contributed by atoms with Crippen molar-refractivity contribution in [1.82, 2.24) is 4.98 Å². The first-order chi connectivity index (χ1) is 11.6. The van der Waals surface area contributed by atoms with Crippen molar-refractivity contribution in [2.75, 3.05) is 4.90 Å². The van der Waals surface area contributed by atoms with Crippen LogP contribution in [0.1, 0.15) is 11.1 Å². The van der Waals surface area contributed by atoms with Crippen molar-refractivity contribution in [1.29, 1.82) is 0 Å². The molecule has 0 radical (unpaired) electrons. The van der Waals surface area contributed by atoms with Gasteiger partial charge in [0.15, 0.2) is 0 Å². The Morgan fingerprint density at radius 2 is 1.71 bits per heavy atom. The molecule has 0 spiro atoms. The Bertz CT molecular complexity index is 839. The van der Waals surface area contributed by atoms with Crippen LogP contribution in [-0.4, -0.2) is 20.2 Å². The third-order valence-electron chi connectivity index (χ3n) is 3.57. The number of pyridine rings is 1. The van der Waals surface area contributed by atoms with Crippen LogP contribution < -0.4 is 4.90 Å². The van der Waals surface area contributed by atoms with Gasteiger partial charge < -0.3 is 15.1 Å². The third kappa shape index (κ3) is 3.52. The van der Waals surface area contributed by atoms with Crippen molar-refractivity contribution in [3.63, 3.8) is 0 Å². The quantitative estimate of drug-likeness (QED) is 0.708. The van der Waals surface area contributed by atoms with E-state index in [0.717, 1.165) is 5.56 Å². The van der Waals surface area contributed by atoms with E-state index in [1.807, 2.05) is 53.4 Å². The number of phenolic OH excluding ortho intramolecular Hbond substituents is 2. The van der Waals surface area contributed by atoms with Crippen LogP contribution in [0.15, 0.2) is 72.9 Å². The molecule has 24 heavy (non-hydrogen) atoms. The van der Waals surface area contributed by atoms with Gasteiger partial charge in [-0.25, -0.2) is 4.98 Å². The highest BCUT2D eigenvalue weighted by atomic mass is 32.1. The lowest BCUT2D eigenvalue weighted by Gasteiger charge is -2.25. The average Bonchev–Trinajstić information content (AvgIpc) is 2.61. The molecule has 0 atom stereocenters. The molecule has 5 heteroatoms. The number of phenols is 2. The number of aromatic hydroxyl groups is 2. The van der Waals surface area contributed by atoms with E-state index in [2.05, 4.69) is 4.98 Å².